The summed E-state index contributed by atoms with van der Waals surface area (Å²) in [5.41, 5.74) is 0.994. The molecule has 0 aliphatic heterocycles. The fourth-order valence-corrected chi connectivity index (χ4v) is 0.894. The number of hydrogen-bond donors (Lipinski definition) is 1. The van der Waals surface area contributed by atoms with Gasteiger partial charge in [0.2, 0.25) is 6.20 Å². The molecule has 1 aromatic carbocycles. The SMILES string of the molecule is N#Cc1ccccc1N/C=C/[N+](=O)[O-]. The van der Waals surface area contributed by atoms with E-state index in [0.29, 0.717) is 11.3 Å². The van der Waals surface area contributed by atoms with E-state index in [-0.39, 0.29) is 0 Å². The van der Waals surface area contributed by atoms with Crippen molar-refractivity contribution < 1.29 is 4.92 Å². The molecule has 0 amide bonds. The molecule has 0 radical (unpaired) electrons. The lowest BCUT2D eigenvalue weighted by molar-refractivity contribution is -0.402. The zero-order chi connectivity index (χ0) is 10.4. The summed E-state index contributed by atoms with van der Waals surface area (Å²) in [4.78, 5) is 9.38. The van der Waals surface area contributed by atoms with Crippen LogP contribution in [0, 0.1) is 21.4 Å². The van der Waals surface area contributed by atoms with Crippen molar-refractivity contribution in [1.29, 1.82) is 5.26 Å². The van der Waals surface area contributed by atoms with Gasteiger partial charge in [0.15, 0.2) is 0 Å². The normalized spacial score (nSPS) is 9.64. The maximum Gasteiger partial charge on any atom is 0.250 e. The van der Waals surface area contributed by atoms with Gasteiger partial charge in [0.25, 0.3) is 0 Å². The third-order valence-corrected chi connectivity index (χ3v) is 1.48. The highest BCUT2D eigenvalue weighted by Gasteiger charge is 1.97. The molecule has 70 valence electrons. The first kappa shape index (κ1) is 9.74. The van der Waals surface area contributed by atoms with Crippen LogP contribution in [0.3, 0.4) is 0 Å². The quantitative estimate of drug-likeness (QED) is 0.579. The number of nitro groups is 1. The topological polar surface area (TPSA) is 79.0 Å². The van der Waals surface area contributed by atoms with Gasteiger partial charge in [-0.3, -0.25) is 10.1 Å². The first-order chi connectivity index (χ1) is 6.74. The Labute approximate surface area is 80.4 Å². The van der Waals surface area contributed by atoms with Crippen molar-refractivity contribution in [3.05, 3.63) is 52.3 Å². The fraction of sp³-hybridized carbons (Fsp3) is 0. The minimum Gasteiger partial charge on any atom is -0.355 e. The van der Waals surface area contributed by atoms with Crippen LogP contribution in [0.4, 0.5) is 5.69 Å². The molecule has 5 heteroatoms. The molecule has 0 fully saturated rings. The van der Waals surface area contributed by atoms with Crippen LogP contribution in [0.15, 0.2) is 36.7 Å². The monoisotopic (exact) mass is 189 g/mol. The summed E-state index contributed by atoms with van der Waals surface area (Å²) < 4.78 is 0. The van der Waals surface area contributed by atoms with Crippen molar-refractivity contribution in [3.8, 4) is 6.07 Å². The van der Waals surface area contributed by atoms with Gasteiger partial charge in [0, 0.05) is 0 Å². The van der Waals surface area contributed by atoms with Crippen molar-refractivity contribution in [2.45, 2.75) is 0 Å². The molecular weight excluding hydrogens is 182 g/mol. The maximum atomic E-state index is 9.96. The predicted molar refractivity (Wildman–Crippen MR) is 50.9 cm³/mol. The van der Waals surface area contributed by atoms with Crippen molar-refractivity contribution in [2.24, 2.45) is 0 Å². The van der Waals surface area contributed by atoms with E-state index in [1.165, 1.54) is 6.20 Å². The number of benzene rings is 1. The lowest BCUT2D eigenvalue weighted by atomic mass is 10.2. The van der Waals surface area contributed by atoms with Crippen molar-refractivity contribution in [1.82, 2.24) is 0 Å². The van der Waals surface area contributed by atoms with E-state index in [0.717, 1.165) is 6.20 Å². The van der Waals surface area contributed by atoms with E-state index in [1.54, 1.807) is 24.3 Å². The summed E-state index contributed by atoms with van der Waals surface area (Å²) in [6, 6.07) is 8.73. The Kier molecular flexibility index (Phi) is 3.21. The van der Waals surface area contributed by atoms with Crippen LogP contribution in [0.5, 0.6) is 0 Å². The van der Waals surface area contributed by atoms with Gasteiger partial charge in [-0.1, -0.05) is 12.1 Å². The van der Waals surface area contributed by atoms with E-state index in [1.807, 2.05) is 6.07 Å². The molecule has 1 N–H and O–H groups in total. The number of hydrogen-bond acceptors (Lipinski definition) is 4. The lowest BCUT2D eigenvalue weighted by Gasteiger charge is -2.00. The van der Waals surface area contributed by atoms with Crippen molar-refractivity contribution in [2.75, 3.05) is 5.32 Å². The number of nitriles is 1. The molecule has 14 heavy (non-hydrogen) atoms. The van der Waals surface area contributed by atoms with Crippen LogP contribution in [-0.4, -0.2) is 4.92 Å². The molecule has 0 bridgehead atoms. The van der Waals surface area contributed by atoms with Gasteiger partial charge in [-0.2, -0.15) is 5.26 Å². The van der Waals surface area contributed by atoms with E-state index in [2.05, 4.69) is 5.32 Å². The van der Waals surface area contributed by atoms with Crippen LogP contribution >= 0.6 is 0 Å². The maximum absolute atomic E-state index is 9.96. The largest absolute Gasteiger partial charge is 0.355 e. The molecule has 0 aliphatic carbocycles. The smallest absolute Gasteiger partial charge is 0.250 e. The highest BCUT2D eigenvalue weighted by molar-refractivity contribution is 5.58. The second kappa shape index (κ2) is 4.62. The van der Waals surface area contributed by atoms with Crippen LogP contribution in [-0.2, 0) is 0 Å². The van der Waals surface area contributed by atoms with Gasteiger partial charge >= 0.3 is 0 Å². The number of nitrogens with one attached hydrogen (secondary N) is 1. The molecular formula is C9H7N3O2. The van der Waals surface area contributed by atoms with Gasteiger partial charge < -0.3 is 5.32 Å². The molecule has 5 nitrogen and oxygen atoms in total. The van der Waals surface area contributed by atoms with Crippen molar-refractivity contribution >= 4 is 5.69 Å². The van der Waals surface area contributed by atoms with Gasteiger partial charge in [-0.15, -0.1) is 0 Å². The van der Waals surface area contributed by atoms with E-state index < -0.39 is 4.92 Å². The van der Waals surface area contributed by atoms with Gasteiger partial charge in [-0.25, -0.2) is 0 Å². The minimum absolute atomic E-state index is 0.445. The molecule has 0 heterocycles. The van der Waals surface area contributed by atoms with E-state index in [4.69, 9.17) is 5.26 Å². The molecule has 0 atom stereocenters. The first-order valence-corrected chi connectivity index (χ1v) is 3.80. The highest BCUT2D eigenvalue weighted by Crippen LogP contribution is 2.12. The second-order valence-electron chi connectivity index (χ2n) is 2.40. The van der Waals surface area contributed by atoms with Gasteiger partial charge in [-0.05, 0) is 12.1 Å². The number of nitrogens with zero attached hydrogens (tertiary/aromatic N) is 2. The lowest BCUT2D eigenvalue weighted by Crippen LogP contribution is -1.93. The summed E-state index contributed by atoms with van der Waals surface area (Å²) in [6.07, 6.45) is 1.95. The Hall–Kier alpha value is -2.35. The third kappa shape index (κ3) is 2.60. The average Bonchev–Trinajstić information content (AvgIpc) is 2.18. The first-order valence-electron chi connectivity index (χ1n) is 3.80. The Bertz CT molecular complexity index is 407. The number of para-hydroxylation sites is 1. The molecule has 1 aromatic rings. The van der Waals surface area contributed by atoms with E-state index >= 15 is 0 Å². The Balaban J connectivity index is 2.77. The molecule has 0 unspecified atom stereocenters. The van der Waals surface area contributed by atoms with Crippen LogP contribution < -0.4 is 5.32 Å². The fourth-order valence-electron chi connectivity index (χ4n) is 0.894. The summed E-state index contributed by atoms with van der Waals surface area (Å²) in [5, 5.41) is 21.3. The predicted octanol–water partition coefficient (Wildman–Crippen LogP) is 1.72. The van der Waals surface area contributed by atoms with Crippen LogP contribution in [0.25, 0.3) is 0 Å². The summed E-state index contributed by atoms with van der Waals surface area (Å²) in [6.45, 7) is 0. The molecule has 0 aromatic heterocycles. The third-order valence-electron chi connectivity index (χ3n) is 1.48. The zero-order valence-electron chi connectivity index (χ0n) is 7.18. The second-order valence-corrected chi connectivity index (χ2v) is 2.40. The Morgan fingerprint density at radius 2 is 2.21 bits per heavy atom. The van der Waals surface area contributed by atoms with Gasteiger partial charge in [0.1, 0.15) is 6.07 Å². The zero-order valence-corrected chi connectivity index (χ0v) is 7.18. The summed E-state index contributed by atoms with van der Waals surface area (Å²) in [7, 11) is 0. The minimum atomic E-state index is -0.581. The van der Waals surface area contributed by atoms with Gasteiger partial charge in [0.05, 0.1) is 22.4 Å². The highest BCUT2D eigenvalue weighted by atomic mass is 16.6. The summed E-state index contributed by atoms with van der Waals surface area (Å²) >= 11 is 0. The average molecular weight is 189 g/mol. The standard InChI is InChI=1S/C9H7N3O2/c10-7-8-3-1-2-4-9(8)11-5-6-12(13)14/h1-6,11H/b6-5+. The molecule has 1 rings (SSSR count). The number of rotatable bonds is 3. The molecule has 0 saturated carbocycles. The van der Waals surface area contributed by atoms with Crippen LogP contribution in [0.1, 0.15) is 5.56 Å². The van der Waals surface area contributed by atoms with Crippen molar-refractivity contribution in [3.63, 3.8) is 0 Å². The Morgan fingerprint density at radius 1 is 1.50 bits per heavy atom. The number of anilines is 1. The van der Waals surface area contributed by atoms with E-state index in [9.17, 15) is 10.1 Å². The summed E-state index contributed by atoms with van der Waals surface area (Å²) in [5.74, 6) is 0. The molecule has 0 aliphatic rings. The molecule has 0 spiro atoms. The Morgan fingerprint density at radius 3 is 2.86 bits per heavy atom. The van der Waals surface area contributed by atoms with Crippen LogP contribution in [0.2, 0.25) is 0 Å². The molecule has 0 saturated heterocycles.